The molecule has 1 aromatic rings. The van der Waals surface area contributed by atoms with Gasteiger partial charge in [0.1, 0.15) is 0 Å². The van der Waals surface area contributed by atoms with Crippen LogP contribution in [-0.4, -0.2) is 19.3 Å². The molecule has 0 aliphatic carbocycles. The molecule has 2 unspecified atom stereocenters. The number of hydrogen-bond donors (Lipinski definition) is 1. The van der Waals surface area contributed by atoms with Gasteiger partial charge in [0.2, 0.25) is 0 Å². The summed E-state index contributed by atoms with van der Waals surface area (Å²) in [6.45, 7) is 2.47. The Morgan fingerprint density at radius 3 is 2.53 bits per heavy atom. The van der Waals surface area contributed by atoms with E-state index >= 15 is 0 Å². The fraction of sp³-hybridized carbons (Fsp3) is 0.571. The van der Waals surface area contributed by atoms with Crippen molar-refractivity contribution < 1.29 is 17.9 Å². The van der Waals surface area contributed by atoms with Crippen LogP contribution in [0.1, 0.15) is 36.9 Å². The topological polar surface area (TPSA) is 21.3 Å². The maximum absolute atomic E-state index is 13.1. The van der Waals surface area contributed by atoms with Gasteiger partial charge in [0.05, 0.1) is 17.2 Å². The van der Waals surface area contributed by atoms with Gasteiger partial charge < -0.3 is 10.1 Å². The molecule has 1 aromatic carbocycles. The second kappa shape index (κ2) is 5.13. The van der Waals surface area contributed by atoms with Crippen LogP contribution in [0.4, 0.5) is 13.2 Å². The van der Waals surface area contributed by atoms with Crippen molar-refractivity contribution in [1.29, 1.82) is 0 Å². The third kappa shape index (κ3) is 2.77. The third-order valence-corrected chi connectivity index (χ3v) is 3.73. The first kappa shape index (κ1) is 14.3. The van der Waals surface area contributed by atoms with Crippen LogP contribution in [0.5, 0.6) is 0 Å². The molecule has 0 bridgehead atoms. The van der Waals surface area contributed by atoms with Crippen molar-refractivity contribution in [3.05, 3.63) is 35.4 Å². The first-order valence-electron chi connectivity index (χ1n) is 6.36. The number of halogens is 3. The predicted molar refractivity (Wildman–Crippen MR) is 66.8 cm³/mol. The zero-order chi connectivity index (χ0) is 14.1. The molecule has 2 rings (SSSR count). The standard InChI is InChI=1S/C14H18F3NO/c1-13(8-5-9-19-13)12(18-2)10-6-3-4-7-11(10)14(15,16)17/h3-4,6-7,12,18H,5,8-9H2,1-2H3. The van der Waals surface area contributed by atoms with Crippen LogP contribution in [0, 0.1) is 0 Å². The van der Waals surface area contributed by atoms with Crippen LogP contribution in [0.15, 0.2) is 24.3 Å². The summed E-state index contributed by atoms with van der Waals surface area (Å²) in [6, 6.07) is 5.23. The Kier molecular flexibility index (Phi) is 3.87. The normalized spacial score (nSPS) is 25.5. The average Bonchev–Trinajstić information content (AvgIpc) is 2.77. The van der Waals surface area contributed by atoms with E-state index in [1.807, 2.05) is 6.92 Å². The fourth-order valence-corrected chi connectivity index (χ4v) is 2.83. The van der Waals surface area contributed by atoms with Gasteiger partial charge in [0.15, 0.2) is 0 Å². The van der Waals surface area contributed by atoms with Gasteiger partial charge in [-0.05, 0) is 38.4 Å². The summed E-state index contributed by atoms with van der Waals surface area (Å²) < 4.78 is 45.0. The molecule has 0 amide bonds. The van der Waals surface area contributed by atoms with E-state index in [0.717, 1.165) is 18.9 Å². The number of ether oxygens (including phenoxy) is 1. The molecule has 106 valence electrons. The maximum atomic E-state index is 13.1. The molecule has 0 saturated carbocycles. The average molecular weight is 273 g/mol. The smallest absolute Gasteiger partial charge is 0.373 e. The predicted octanol–water partition coefficient (Wildman–Crippen LogP) is 3.54. The van der Waals surface area contributed by atoms with Crippen LogP contribution in [-0.2, 0) is 10.9 Å². The highest BCUT2D eigenvalue weighted by molar-refractivity contribution is 5.34. The molecule has 1 fully saturated rings. The minimum atomic E-state index is -4.35. The van der Waals surface area contributed by atoms with Gasteiger partial charge in [0, 0.05) is 6.61 Å². The Hall–Kier alpha value is -1.07. The first-order chi connectivity index (χ1) is 8.88. The van der Waals surface area contributed by atoms with E-state index in [1.54, 1.807) is 13.1 Å². The Morgan fingerprint density at radius 2 is 2.00 bits per heavy atom. The monoisotopic (exact) mass is 273 g/mol. The molecule has 2 atom stereocenters. The zero-order valence-corrected chi connectivity index (χ0v) is 11.1. The Bertz CT molecular complexity index is 439. The fourth-order valence-electron chi connectivity index (χ4n) is 2.83. The molecular weight excluding hydrogens is 255 g/mol. The lowest BCUT2D eigenvalue weighted by Crippen LogP contribution is -2.40. The molecule has 1 aliphatic rings. The minimum Gasteiger partial charge on any atom is -0.373 e. The Balaban J connectivity index is 2.44. The van der Waals surface area contributed by atoms with E-state index in [1.165, 1.54) is 12.1 Å². The van der Waals surface area contributed by atoms with E-state index in [-0.39, 0.29) is 5.56 Å². The molecule has 1 N–H and O–H groups in total. The van der Waals surface area contributed by atoms with E-state index < -0.39 is 23.4 Å². The van der Waals surface area contributed by atoms with E-state index in [0.29, 0.717) is 6.61 Å². The summed E-state index contributed by atoms with van der Waals surface area (Å²) in [4.78, 5) is 0. The van der Waals surface area contributed by atoms with Crippen LogP contribution in [0.25, 0.3) is 0 Å². The number of likely N-dealkylation sites (N-methyl/N-ethyl adjacent to an activating group) is 1. The van der Waals surface area contributed by atoms with Crippen LogP contribution >= 0.6 is 0 Å². The third-order valence-electron chi connectivity index (χ3n) is 3.73. The molecule has 1 heterocycles. The van der Waals surface area contributed by atoms with Crippen LogP contribution in [0.2, 0.25) is 0 Å². The summed E-state index contributed by atoms with van der Waals surface area (Å²) in [5.74, 6) is 0. The second-order valence-corrected chi connectivity index (χ2v) is 5.07. The SMILES string of the molecule is CNC(c1ccccc1C(F)(F)F)C1(C)CCCO1. The van der Waals surface area contributed by atoms with Crippen molar-refractivity contribution in [2.24, 2.45) is 0 Å². The summed E-state index contributed by atoms with van der Waals surface area (Å²) in [5.41, 5.74) is -0.927. The van der Waals surface area contributed by atoms with Crippen molar-refractivity contribution in [2.45, 2.75) is 37.6 Å². The number of nitrogens with one attached hydrogen (secondary N) is 1. The lowest BCUT2D eigenvalue weighted by molar-refractivity contribution is -0.139. The van der Waals surface area contributed by atoms with Crippen molar-refractivity contribution in [1.82, 2.24) is 5.32 Å². The highest BCUT2D eigenvalue weighted by Crippen LogP contribution is 2.42. The van der Waals surface area contributed by atoms with Crippen molar-refractivity contribution in [3.63, 3.8) is 0 Å². The van der Waals surface area contributed by atoms with Gasteiger partial charge >= 0.3 is 6.18 Å². The van der Waals surface area contributed by atoms with Gasteiger partial charge in [-0.3, -0.25) is 0 Å². The van der Waals surface area contributed by atoms with Gasteiger partial charge in [-0.15, -0.1) is 0 Å². The molecule has 5 heteroatoms. The van der Waals surface area contributed by atoms with E-state index in [2.05, 4.69) is 5.32 Å². The molecular formula is C14H18F3NO. The Morgan fingerprint density at radius 1 is 1.32 bits per heavy atom. The van der Waals surface area contributed by atoms with Gasteiger partial charge in [0.25, 0.3) is 0 Å². The van der Waals surface area contributed by atoms with Gasteiger partial charge in [-0.2, -0.15) is 13.2 Å². The van der Waals surface area contributed by atoms with E-state index in [9.17, 15) is 13.2 Å². The number of hydrogen-bond acceptors (Lipinski definition) is 2. The lowest BCUT2D eigenvalue weighted by Gasteiger charge is -2.34. The lowest BCUT2D eigenvalue weighted by atomic mass is 9.85. The second-order valence-electron chi connectivity index (χ2n) is 5.07. The number of rotatable bonds is 3. The largest absolute Gasteiger partial charge is 0.416 e. The molecule has 1 saturated heterocycles. The summed E-state index contributed by atoms with van der Waals surface area (Å²) in [5, 5.41) is 2.99. The van der Waals surface area contributed by atoms with Gasteiger partial charge in [-0.1, -0.05) is 18.2 Å². The van der Waals surface area contributed by atoms with Crippen molar-refractivity contribution in [2.75, 3.05) is 13.7 Å². The minimum absolute atomic E-state index is 0.252. The Labute approximate surface area is 111 Å². The quantitative estimate of drug-likeness (QED) is 0.909. The molecule has 0 spiro atoms. The molecule has 2 nitrogen and oxygen atoms in total. The number of benzene rings is 1. The maximum Gasteiger partial charge on any atom is 0.416 e. The zero-order valence-electron chi connectivity index (χ0n) is 11.1. The van der Waals surface area contributed by atoms with Crippen molar-refractivity contribution >= 4 is 0 Å². The molecule has 0 radical (unpaired) electrons. The summed E-state index contributed by atoms with van der Waals surface area (Å²) in [6.07, 6.45) is -2.71. The molecule has 0 aromatic heterocycles. The summed E-state index contributed by atoms with van der Waals surface area (Å²) >= 11 is 0. The number of alkyl halides is 3. The first-order valence-corrected chi connectivity index (χ1v) is 6.36. The highest BCUT2D eigenvalue weighted by Gasteiger charge is 2.43. The van der Waals surface area contributed by atoms with Gasteiger partial charge in [-0.25, -0.2) is 0 Å². The highest BCUT2D eigenvalue weighted by atomic mass is 19.4. The van der Waals surface area contributed by atoms with E-state index in [4.69, 9.17) is 4.74 Å². The van der Waals surface area contributed by atoms with Crippen molar-refractivity contribution in [3.8, 4) is 0 Å². The summed E-state index contributed by atoms with van der Waals surface area (Å²) in [7, 11) is 1.67. The molecule has 1 aliphatic heterocycles. The van der Waals surface area contributed by atoms with Crippen LogP contribution < -0.4 is 5.32 Å². The van der Waals surface area contributed by atoms with Crippen LogP contribution in [0.3, 0.4) is 0 Å². The molecule has 19 heavy (non-hydrogen) atoms.